The van der Waals surface area contributed by atoms with Gasteiger partial charge < -0.3 is 0 Å². The summed E-state index contributed by atoms with van der Waals surface area (Å²) in [4.78, 5) is 0. The first-order chi connectivity index (χ1) is 24.8. The summed E-state index contributed by atoms with van der Waals surface area (Å²) in [5.41, 5.74) is 0. The van der Waals surface area contributed by atoms with Gasteiger partial charge in [0.25, 0.3) is 0 Å². The van der Waals surface area contributed by atoms with E-state index in [2.05, 4.69) is 182 Å². The fourth-order valence-electron chi connectivity index (χ4n) is 8.40. The standard InChI is InChI=1S/C48H56P2/c1(3-5-7-27-41-49(43-29-15-9-16-30-43,44-31-17-10-18-32-44)45-33-19-11-20-34-45)2-4-6-8-28-42-50(46-35-21-12-22-36-46,47-37-23-13-24-38-47)48-39-25-14-26-40-48/h9-26,29-40,49-50H,1-8,27-28,41-42H2. The number of hydrogen-bond acceptors (Lipinski definition) is 0. The van der Waals surface area contributed by atoms with E-state index < -0.39 is 14.5 Å². The Morgan fingerprint density at radius 2 is 0.360 bits per heavy atom. The van der Waals surface area contributed by atoms with E-state index in [1.165, 1.54) is 108 Å². The second kappa shape index (κ2) is 19.0. The van der Waals surface area contributed by atoms with Gasteiger partial charge in [-0.25, -0.2) is 0 Å². The molecule has 6 rings (SSSR count). The second-order valence-electron chi connectivity index (χ2n) is 14.0. The molecular weight excluding hydrogens is 638 g/mol. The van der Waals surface area contributed by atoms with Crippen molar-refractivity contribution in [1.29, 1.82) is 0 Å². The molecule has 0 aliphatic carbocycles. The van der Waals surface area contributed by atoms with Gasteiger partial charge in [0, 0.05) is 0 Å². The van der Waals surface area contributed by atoms with Crippen molar-refractivity contribution in [2.45, 2.75) is 64.2 Å². The predicted molar refractivity (Wildman–Crippen MR) is 229 cm³/mol. The molecule has 258 valence electrons. The van der Waals surface area contributed by atoms with Crippen LogP contribution in [0.15, 0.2) is 182 Å². The molecule has 0 aliphatic rings. The van der Waals surface area contributed by atoms with Crippen LogP contribution in [0.3, 0.4) is 0 Å². The molecule has 0 fully saturated rings. The minimum atomic E-state index is -2.09. The van der Waals surface area contributed by atoms with E-state index in [0.717, 1.165) is 0 Å². The number of benzene rings is 6. The molecule has 0 aliphatic heterocycles. The van der Waals surface area contributed by atoms with Crippen LogP contribution in [0.5, 0.6) is 0 Å². The molecule has 0 atom stereocenters. The van der Waals surface area contributed by atoms with Crippen LogP contribution in [0, 0.1) is 0 Å². The van der Waals surface area contributed by atoms with Gasteiger partial charge in [0.1, 0.15) is 0 Å². The van der Waals surface area contributed by atoms with E-state index in [1.54, 1.807) is 0 Å². The van der Waals surface area contributed by atoms with Gasteiger partial charge in [-0.15, -0.1) is 0 Å². The molecule has 0 amide bonds. The molecular formula is C48H56P2. The average molecular weight is 695 g/mol. The fourth-order valence-corrected chi connectivity index (χ4v) is 18.3. The Morgan fingerprint density at radius 1 is 0.200 bits per heavy atom. The molecule has 2 heteroatoms. The normalized spacial score (nSPS) is 12.4. The molecule has 50 heavy (non-hydrogen) atoms. The summed E-state index contributed by atoms with van der Waals surface area (Å²) in [6.45, 7) is 0. The van der Waals surface area contributed by atoms with Crippen LogP contribution in [0.2, 0.25) is 0 Å². The Hall–Kier alpha value is -3.82. The minimum absolute atomic E-state index is 1.27. The Balaban J connectivity index is 0.983. The molecule has 6 aromatic carbocycles. The van der Waals surface area contributed by atoms with Gasteiger partial charge >= 0.3 is 305 Å². The van der Waals surface area contributed by atoms with Gasteiger partial charge in [-0.3, -0.25) is 0 Å². The van der Waals surface area contributed by atoms with Crippen LogP contribution >= 0.6 is 14.5 Å². The molecule has 0 bridgehead atoms. The van der Waals surface area contributed by atoms with Gasteiger partial charge in [0.05, 0.1) is 0 Å². The third-order valence-corrected chi connectivity index (χ3v) is 21.1. The van der Waals surface area contributed by atoms with Gasteiger partial charge in [-0.1, -0.05) is 0 Å². The predicted octanol–water partition coefficient (Wildman–Crippen LogP) is 10.3. The van der Waals surface area contributed by atoms with Crippen LogP contribution < -0.4 is 31.8 Å². The zero-order chi connectivity index (χ0) is 34.2. The summed E-state index contributed by atoms with van der Waals surface area (Å²) in [6.07, 6.45) is 15.9. The van der Waals surface area contributed by atoms with Crippen molar-refractivity contribution >= 4 is 46.4 Å². The van der Waals surface area contributed by atoms with Crippen molar-refractivity contribution < 1.29 is 0 Å². The van der Waals surface area contributed by atoms with Crippen LogP contribution in [-0.4, -0.2) is 12.3 Å². The summed E-state index contributed by atoms with van der Waals surface area (Å²) in [5, 5.41) is 9.21. The Labute approximate surface area is 303 Å². The van der Waals surface area contributed by atoms with Crippen LogP contribution in [0.1, 0.15) is 64.2 Å². The molecule has 0 nitrogen and oxygen atoms in total. The molecule has 0 N–H and O–H groups in total. The summed E-state index contributed by atoms with van der Waals surface area (Å²) in [7, 11) is -4.19. The molecule has 0 heterocycles. The van der Waals surface area contributed by atoms with Crippen LogP contribution in [0.25, 0.3) is 0 Å². The molecule has 0 aromatic heterocycles. The zero-order valence-electron chi connectivity index (χ0n) is 29.8. The Bertz CT molecular complexity index is 1440. The summed E-state index contributed by atoms with van der Waals surface area (Å²) in [6, 6.07) is 68.4. The van der Waals surface area contributed by atoms with Crippen molar-refractivity contribution in [1.82, 2.24) is 0 Å². The summed E-state index contributed by atoms with van der Waals surface area (Å²) >= 11 is 0. The first kappa shape index (κ1) is 36.0. The van der Waals surface area contributed by atoms with E-state index in [1.807, 2.05) is 0 Å². The fraction of sp³-hybridized carbons (Fsp3) is 0.250. The van der Waals surface area contributed by atoms with Gasteiger partial charge in [-0.05, 0) is 0 Å². The molecule has 0 spiro atoms. The first-order valence-corrected chi connectivity index (χ1v) is 23.6. The topological polar surface area (TPSA) is 0 Å². The van der Waals surface area contributed by atoms with Crippen molar-refractivity contribution in [2.24, 2.45) is 0 Å². The van der Waals surface area contributed by atoms with Gasteiger partial charge in [0.2, 0.25) is 0 Å². The molecule has 0 radical (unpaired) electrons. The maximum absolute atomic E-state index is 2.39. The summed E-state index contributed by atoms with van der Waals surface area (Å²) < 4.78 is 0. The Morgan fingerprint density at radius 3 is 0.540 bits per heavy atom. The van der Waals surface area contributed by atoms with E-state index >= 15 is 0 Å². The first-order valence-electron chi connectivity index (χ1n) is 19.2. The second-order valence-corrected chi connectivity index (χ2v) is 22.1. The van der Waals surface area contributed by atoms with E-state index in [4.69, 9.17) is 0 Å². The van der Waals surface area contributed by atoms with Crippen molar-refractivity contribution in [3.8, 4) is 0 Å². The third kappa shape index (κ3) is 8.72. The molecule has 6 aromatic rings. The number of rotatable bonds is 19. The number of unbranched alkanes of at least 4 members (excludes halogenated alkanes) is 9. The quantitative estimate of drug-likeness (QED) is 0.0585. The summed E-state index contributed by atoms with van der Waals surface area (Å²) in [5.74, 6) is 0. The maximum atomic E-state index is 2.39. The van der Waals surface area contributed by atoms with E-state index in [9.17, 15) is 0 Å². The monoisotopic (exact) mass is 694 g/mol. The molecule has 0 unspecified atom stereocenters. The SMILES string of the molecule is c1ccc([PH](CCCCCCCCCCCC[PH](c2ccccc2)(c2ccccc2)c2ccccc2)(c2ccccc2)c2ccccc2)cc1. The van der Waals surface area contributed by atoms with E-state index in [-0.39, 0.29) is 0 Å². The Kier molecular flexibility index (Phi) is 13.7. The molecule has 0 saturated heterocycles. The van der Waals surface area contributed by atoms with Crippen LogP contribution in [-0.2, 0) is 0 Å². The average Bonchev–Trinajstić information content (AvgIpc) is 3.20. The van der Waals surface area contributed by atoms with Crippen LogP contribution in [0.4, 0.5) is 0 Å². The third-order valence-electron chi connectivity index (χ3n) is 11.0. The van der Waals surface area contributed by atoms with Crippen molar-refractivity contribution in [3.63, 3.8) is 0 Å². The van der Waals surface area contributed by atoms with Gasteiger partial charge in [-0.2, -0.15) is 0 Å². The van der Waals surface area contributed by atoms with Crippen molar-refractivity contribution in [2.75, 3.05) is 12.3 Å². The van der Waals surface area contributed by atoms with Gasteiger partial charge in [0.15, 0.2) is 0 Å². The zero-order valence-corrected chi connectivity index (χ0v) is 31.8. The molecule has 0 saturated carbocycles. The number of hydrogen-bond donors (Lipinski definition) is 0. The van der Waals surface area contributed by atoms with E-state index in [0.29, 0.717) is 0 Å². The van der Waals surface area contributed by atoms with Crippen molar-refractivity contribution in [3.05, 3.63) is 182 Å².